The van der Waals surface area contributed by atoms with E-state index in [0.29, 0.717) is 10.8 Å². The van der Waals surface area contributed by atoms with Crippen molar-refractivity contribution in [3.63, 3.8) is 0 Å². The highest BCUT2D eigenvalue weighted by Gasteiger charge is 2.60. The molecule has 0 radical (unpaired) electrons. The lowest BCUT2D eigenvalue weighted by Gasteiger charge is -2.61. The quantitative estimate of drug-likeness (QED) is 0.545. The van der Waals surface area contributed by atoms with Gasteiger partial charge in [0.2, 0.25) is 0 Å². The van der Waals surface area contributed by atoms with Crippen molar-refractivity contribution in [3.8, 4) is 0 Å². The Kier molecular flexibility index (Phi) is 5.55. The fourth-order valence-electron chi connectivity index (χ4n) is 9.55. The molecule has 31 heavy (non-hydrogen) atoms. The zero-order chi connectivity index (χ0) is 22.0. The molecule has 0 bridgehead atoms. The van der Waals surface area contributed by atoms with Gasteiger partial charge >= 0.3 is 0 Å². The summed E-state index contributed by atoms with van der Waals surface area (Å²) in [5.74, 6) is 6.19. The summed E-state index contributed by atoms with van der Waals surface area (Å²) in [5.41, 5.74) is 1.01. The standard InChI is InChI=1S/C28H47NO2/c1-18(6-11-25-29-26(2,3)17-31-25)22-9-10-23-21-8-7-19-16-20(30)12-14-27(19,4)24(21)13-15-28(22,23)5/h18-24,30H,6-17H2,1-5H3/t18-,19-,20-,21+,22-,23+,24+,27+,28-/m1/s1. The first-order chi connectivity index (χ1) is 14.6. The van der Waals surface area contributed by atoms with Crippen LogP contribution < -0.4 is 0 Å². The molecule has 3 heteroatoms. The van der Waals surface area contributed by atoms with Gasteiger partial charge in [-0.3, -0.25) is 0 Å². The van der Waals surface area contributed by atoms with E-state index in [-0.39, 0.29) is 11.6 Å². The van der Waals surface area contributed by atoms with Gasteiger partial charge in [0.25, 0.3) is 0 Å². The molecule has 0 amide bonds. The Labute approximate surface area is 190 Å². The second kappa shape index (κ2) is 7.74. The van der Waals surface area contributed by atoms with Gasteiger partial charge in [-0.05, 0) is 124 Å². The molecule has 3 nitrogen and oxygen atoms in total. The van der Waals surface area contributed by atoms with Crippen LogP contribution >= 0.6 is 0 Å². The van der Waals surface area contributed by atoms with Crippen LogP contribution in [0, 0.1) is 46.3 Å². The topological polar surface area (TPSA) is 41.8 Å². The number of nitrogens with zero attached hydrogens (tertiary/aromatic N) is 1. The van der Waals surface area contributed by atoms with Gasteiger partial charge < -0.3 is 9.84 Å². The number of ether oxygens (including phenoxy) is 1. The highest BCUT2D eigenvalue weighted by Crippen LogP contribution is 2.68. The van der Waals surface area contributed by atoms with Crippen molar-refractivity contribution in [2.45, 2.75) is 117 Å². The van der Waals surface area contributed by atoms with Crippen molar-refractivity contribution >= 4 is 5.90 Å². The largest absolute Gasteiger partial charge is 0.478 e. The molecule has 1 heterocycles. The first-order valence-corrected chi connectivity index (χ1v) is 13.5. The minimum Gasteiger partial charge on any atom is -0.478 e. The third-order valence-corrected chi connectivity index (χ3v) is 11.2. The van der Waals surface area contributed by atoms with E-state index in [1.807, 2.05) is 0 Å². The van der Waals surface area contributed by atoms with Crippen molar-refractivity contribution in [2.24, 2.45) is 51.3 Å². The number of fused-ring (bicyclic) bond motifs is 5. The molecule has 4 fully saturated rings. The highest BCUT2D eigenvalue weighted by molar-refractivity contribution is 5.78. The van der Waals surface area contributed by atoms with Gasteiger partial charge in [0.1, 0.15) is 6.61 Å². The second-order valence-corrected chi connectivity index (χ2v) is 13.4. The van der Waals surface area contributed by atoms with Gasteiger partial charge in [-0.25, -0.2) is 4.99 Å². The van der Waals surface area contributed by atoms with E-state index in [1.54, 1.807) is 0 Å². The minimum absolute atomic E-state index is 0.0223. The fourth-order valence-corrected chi connectivity index (χ4v) is 9.55. The van der Waals surface area contributed by atoms with Crippen molar-refractivity contribution < 1.29 is 9.84 Å². The predicted octanol–water partition coefficient (Wildman–Crippen LogP) is 6.63. The predicted molar refractivity (Wildman–Crippen MR) is 127 cm³/mol. The SMILES string of the molecule is C[C@H](CCC1=NC(C)(C)CO1)[C@H]1CC[C@H]2[C@@H]3CC[C@@H]4C[C@H](O)CC[C@]4(C)[C@H]3CC[C@]12C. The van der Waals surface area contributed by atoms with Gasteiger partial charge in [0.05, 0.1) is 11.6 Å². The summed E-state index contributed by atoms with van der Waals surface area (Å²) in [5, 5.41) is 10.3. The number of aliphatic imine (C=N–C) groups is 1. The third kappa shape index (κ3) is 3.69. The van der Waals surface area contributed by atoms with Gasteiger partial charge in [-0.2, -0.15) is 0 Å². The minimum atomic E-state index is -0.0285. The summed E-state index contributed by atoms with van der Waals surface area (Å²) in [6.45, 7) is 12.9. The Morgan fingerprint density at radius 3 is 2.45 bits per heavy atom. The molecule has 0 unspecified atom stereocenters. The summed E-state index contributed by atoms with van der Waals surface area (Å²) in [7, 11) is 0. The molecule has 176 valence electrons. The molecule has 5 rings (SSSR count). The van der Waals surface area contributed by atoms with Gasteiger partial charge in [0.15, 0.2) is 5.90 Å². The van der Waals surface area contributed by atoms with E-state index >= 15 is 0 Å². The van der Waals surface area contributed by atoms with E-state index in [9.17, 15) is 5.11 Å². The van der Waals surface area contributed by atoms with Crippen molar-refractivity contribution in [3.05, 3.63) is 0 Å². The van der Waals surface area contributed by atoms with Gasteiger partial charge in [-0.1, -0.05) is 20.8 Å². The van der Waals surface area contributed by atoms with E-state index in [0.717, 1.165) is 67.3 Å². The Balaban J connectivity index is 1.27. The second-order valence-electron chi connectivity index (χ2n) is 13.4. The maximum absolute atomic E-state index is 10.3. The molecular formula is C28H47NO2. The zero-order valence-electron chi connectivity index (χ0n) is 20.8. The van der Waals surface area contributed by atoms with Crippen LogP contribution in [0.4, 0.5) is 0 Å². The number of rotatable bonds is 4. The Hall–Kier alpha value is -0.570. The van der Waals surface area contributed by atoms with Crippen LogP contribution in [-0.4, -0.2) is 29.3 Å². The maximum atomic E-state index is 10.3. The van der Waals surface area contributed by atoms with Crippen LogP contribution in [-0.2, 0) is 4.74 Å². The average Bonchev–Trinajstić information content (AvgIpc) is 3.25. The molecule has 0 aromatic heterocycles. The maximum Gasteiger partial charge on any atom is 0.183 e. The Bertz CT molecular complexity index is 716. The highest BCUT2D eigenvalue weighted by atomic mass is 16.5. The first-order valence-electron chi connectivity index (χ1n) is 13.5. The summed E-state index contributed by atoms with van der Waals surface area (Å²) < 4.78 is 5.88. The monoisotopic (exact) mass is 429 g/mol. The summed E-state index contributed by atoms with van der Waals surface area (Å²) in [4.78, 5) is 4.80. The van der Waals surface area contributed by atoms with E-state index < -0.39 is 0 Å². The number of hydrogen-bond acceptors (Lipinski definition) is 3. The lowest BCUT2D eigenvalue weighted by atomic mass is 9.44. The van der Waals surface area contributed by atoms with Crippen molar-refractivity contribution in [1.29, 1.82) is 0 Å². The summed E-state index contributed by atoms with van der Waals surface area (Å²) >= 11 is 0. The van der Waals surface area contributed by atoms with E-state index in [4.69, 9.17) is 9.73 Å². The number of aliphatic hydroxyl groups excluding tert-OH is 1. The van der Waals surface area contributed by atoms with Crippen LogP contribution in [0.2, 0.25) is 0 Å². The van der Waals surface area contributed by atoms with Gasteiger partial charge in [-0.15, -0.1) is 0 Å². The lowest BCUT2D eigenvalue weighted by Crippen LogP contribution is -2.54. The third-order valence-electron chi connectivity index (χ3n) is 11.2. The Morgan fingerprint density at radius 2 is 1.71 bits per heavy atom. The molecule has 9 atom stereocenters. The van der Waals surface area contributed by atoms with Crippen LogP contribution in [0.15, 0.2) is 4.99 Å². The van der Waals surface area contributed by atoms with Crippen LogP contribution in [0.3, 0.4) is 0 Å². The molecular weight excluding hydrogens is 382 g/mol. The number of hydrogen-bond donors (Lipinski definition) is 1. The van der Waals surface area contributed by atoms with Gasteiger partial charge in [0, 0.05) is 6.42 Å². The molecule has 0 aromatic rings. The first kappa shape index (κ1) is 22.2. The van der Waals surface area contributed by atoms with Crippen molar-refractivity contribution in [1.82, 2.24) is 0 Å². The Morgan fingerprint density at radius 1 is 0.968 bits per heavy atom. The fraction of sp³-hybridized carbons (Fsp3) is 0.964. The number of aliphatic hydroxyl groups is 1. The molecule has 1 aliphatic heterocycles. The molecule has 0 aromatic carbocycles. The van der Waals surface area contributed by atoms with Crippen LogP contribution in [0.25, 0.3) is 0 Å². The smallest absolute Gasteiger partial charge is 0.183 e. The molecule has 0 spiro atoms. The van der Waals surface area contributed by atoms with Crippen molar-refractivity contribution in [2.75, 3.05) is 6.61 Å². The molecule has 0 saturated heterocycles. The summed E-state index contributed by atoms with van der Waals surface area (Å²) in [6, 6.07) is 0. The zero-order valence-corrected chi connectivity index (χ0v) is 20.8. The lowest BCUT2D eigenvalue weighted by molar-refractivity contribution is -0.129. The summed E-state index contributed by atoms with van der Waals surface area (Å²) in [6.07, 6.45) is 14.2. The average molecular weight is 430 g/mol. The van der Waals surface area contributed by atoms with E-state index in [1.165, 1.54) is 51.4 Å². The molecule has 4 saturated carbocycles. The normalized spacial score (nSPS) is 49.4. The van der Waals surface area contributed by atoms with E-state index in [2.05, 4.69) is 34.6 Å². The molecule has 4 aliphatic carbocycles. The van der Waals surface area contributed by atoms with Crippen LogP contribution in [0.1, 0.15) is 105 Å². The van der Waals surface area contributed by atoms with Crippen LogP contribution in [0.5, 0.6) is 0 Å². The molecule has 5 aliphatic rings. The molecule has 1 N–H and O–H groups in total.